The summed E-state index contributed by atoms with van der Waals surface area (Å²) in [5.74, 6) is -9.39. The van der Waals surface area contributed by atoms with Gasteiger partial charge in [-0.3, -0.25) is 29.0 Å². The van der Waals surface area contributed by atoms with E-state index in [2.05, 4.69) is 4.98 Å². The molecule has 3 heterocycles. The van der Waals surface area contributed by atoms with Gasteiger partial charge < -0.3 is 48.1 Å². The lowest BCUT2D eigenvalue weighted by Gasteiger charge is -2.67. The van der Waals surface area contributed by atoms with Gasteiger partial charge >= 0.3 is 41.8 Å². The van der Waals surface area contributed by atoms with Crippen LogP contribution in [0, 0.1) is 17.3 Å². The number of hydrogen-bond donors (Lipinski definition) is 2. The van der Waals surface area contributed by atoms with Gasteiger partial charge in [-0.25, -0.2) is 9.59 Å². The molecular formula is C41H47NO17. The molecule has 4 bridgehead atoms. The highest BCUT2D eigenvalue weighted by Gasteiger charge is 2.91. The van der Waals surface area contributed by atoms with E-state index >= 15 is 0 Å². The predicted molar refractivity (Wildman–Crippen MR) is 196 cm³/mol. The maximum Gasteiger partial charge on any atom is 0.340 e. The second kappa shape index (κ2) is 16.0. The number of ether oxygens (including phenoxy) is 8. The number of aryl methyl sites for hydroxylation is 1. The summed E-state index contributed by atoms with van der Waals surface area (Å²) in [6.07, 6.45) is -10.6. The van der Waals surface area contributed by atoms with Crippen LogP contribution in [-0.2, 0) is 68.3 Å². The molecule has 2 aliphatic carbocycles. The molecule has 4 aliphatic rings. The van der Waals surface area contributed by atoms with Crippen molar-refractivity contribution in [2.45, 2.75) is 115 Å². The lowest BCUT2D eigenvalue weighted by molar-refractivity contribution is -0.385. The number of carbonyl (C=O) groups excluding carboxylic acids is 7. The SMILES string of the molecule is CC(=O)OC[C@]12[C@H](OC(C)=O)[C@H](OC(C)=O)[C@@H]3[C@@H](OC(C)=O)[C@@]14O[C@@]3(C)COC(=O)c1cccnc1CC[C@H](C)C(=O)O[C@@H]([C@@H](OC(=O)c1ccccc1)[C@@H]2O)[C@]4(C)O. The van der Waals surface area contributed by atoms with Gasteiger partial charge in [0.15, 0.2) is 23.9 Å². The zero-order chi connectivity index (χ0) is 43.2. The quantitative estimate of drug-likeness (QED) is 0.297. The third-order valence-corrected chi connectivity index (χ3v) is 11.8. The minimum absolute atomic E-state index is 0.0287. The van der Waals surface area contributed by atoms with Gasteiger partial charge in [0.1, 0.15) is 48.1 Å². The van der Waals surface area contributed by atoms with E-state index in [4.69, 9.17) is 37.9 Å². The summed E-state index contributed by atoms with van der Waals surface area (Å²) in [6, 6.07) is 10.5. The van der Waals surface area contributed by atoms with Crippen molar-refractivity contribution in [1.29, 1.82) is 0 Å². The van der Waals surface area contributed by atoms with Gasteiger partial charge in [-0.15, -0.1) is 0 Å². The van der Waals surface area contributed by atoms with Gasteiger partial charge in [-0.2, -0.15) is 0 Å². The van der Waals surface area contributed by atoms with Gasteiger partial charge in [0.05, 0.1) is 28.7 Å². The first-order chi connectivity index (χ1) is 27.7. The van der Waals surface area contributed by atoms with Gasteiger partial charge in [0.2, 0.25) is 0 Å². The number of pyridine rings is 1. The molecule has 6 rings (SSSR count). The van der Waals surface area contributed by atoms with Gasteiger partial charge in [-0.05, 0) is 51.0 Å². The smallest absolute Gasteiger partial charge is 0.340 e. The number of benzene rings is 1. The Hall–Kier alpha value is -5.46. The topological polar surface area (TPSA) is 247 Å². The van der Waals surface area contributed by atoms with Crippen LogP contribution in [0.25, 0.3) is 0 Å². The van der Waals surface area contributed by atoms with Crippen molar-refractivity contribution in [1.82, 2.24) is 4.98 Å². The summed E-state index contributed by atoms with van der Waals surface area (Å²) in [5.41, 5.74) is -9.93. The van der Waals surface area contributed by atoms with E-state index in [-0.39, 0.29) is 29.7 Å². The van der Waals surface area contributed by atoms with E-state index in [1.165, 1.54) is 56.4 Å². The summed E-state index contributed by atoms with van der Waals surface area (Å²) in [5, 5.41) is 26.5. The second-order valence-electron chi connectivity index (χ2n) is 15.8. The zero-order valence-corrected chi connectivity index (χ0v) is 33.5. The van der Waals surface area contributed by atoms with Crippen LogP contribution in [0.15, 0.2) is 48.7 Å². The molecule has 1 aromatic heterocycles. The average molecular weight is 826 g/mol. The Kier molecular flexibility index (Phi) is 11.7. The van der Waals surface area contributed by atoms with Gasteiger partial charge in [-0.1, -0.05) is 25.1 Å². The Morgan fingerprint density at radius 1 is 0.847 bits per heavy atom. The number of fused-ring (bicyclic) bond motifs is 5. The molecule has 318 valence electrons. The molecule has 3 fully saturated rings. The highest BCUT2D eigenvalue weighted by atomic mass is 16.7. The zero-order valence-electron chi connectivity index (χ0n) is 33.5. The summed E-state index contributed by atoms with van der Waals surface area (Å²) in [6.45, 7) is 6.28. The maximum absolute atomic E-state index is 14.2. The number of aromatic nitrogens is 1. The van der Waals surface area contributed by atoms with Crippen LogP contribution >= 0.6 is 0 Å². The molecule has 0 amide bonds. The minimum Gasteiger partial charge on any atom is -0.465 e. The molecular weight excluding hydrogens is 778 g/mol. The number of carbonyl (C=O) groups is 7. The van der Waals surface area contributed by atoms with E-state index in [9.17, 15) is 43.8 Å². The van der Waals surface area contributed by atoms with Crippen molar-refractivity contribution in [3.05, 3.63) is 65.5 Å². The molecule has 0 radical (unpaired) electrons. The number of nitrogens with zero attached hydrogens (tertiary/aromatic N) is 1. The molecule has 1 aromatic carbocycles. The van der Waals surface area contributed by atoms with Crippen LogP contribution in [0.5, 0.6) is 0 Å². The Morgan fingerprint density at radius 2 is 1.49 bits per heavy atom. The molecule has 0 unspecified atom stereocenters. The van der Waals surface area contributed by atoms with E-state index in [1.807, 2.05) is 0 Å². The first kappa shape index (κ1) is 43.1. The summed E-state index contributed by atoms with van der Waals surface area (Å²) >= 11 is 0. The van der Waals surface area contributed by atoms with Crippen molar-refractivity contribution in [3.8, 4) is 0 Å². The van der Waals surface area contributed by atoms with Crippen LogP contribution < -0.4 is 0 Å². The molecule has 2 aromatic rings. The molecule has 18 heteroatoms. The Morgan fingerprint density at radius 3 is 2.12 bits per heavy atom. The number of cyclic esters (lactones) is 1. The van der Waals surface area contributed by atoms with Crippen LogP contribution in [0.4, 0.5) is 0 Å². The van der Waals surface area contributed by atoms with Crippen molar-refractivity contribution in [2.24, 2.45) is 17.3 Å². The molecule has 2 N–H and O–H groups in total. The van der Waals surface area contributed by atoms with Gasteiger partial charge in [0.25, 0.3) is 0 Å². The molecule has 12 atom stereocenters. The van der Waals surface area contributed by atoms with Crippen LogP contribution in [0.2, 0.25) is 0 Å². The number of aliphatic hydroxyl groups excluding tert-OH is 1. The third kappa shape index (κ3) is 7.20. The van der Waals surface area contributed by atoms with Crippen molar-refractivity contribution >= 4 is 41.8 Å². The highest BCUT2D eigenvalue weighted by molar-refractivity contribution is 5.91. The van der Waals surface area contributed by atoms with E-state index in [0.29, 0.717) is 0 Å². The molecule has 18 nitrogen and oxygen atoms in total. The fourth-order valence-corrected chi connectivity index (χ4v) is 9.41. The number of rotatable bonds is 7. The molecule has 2 saturated carbocycles. The first-order valence-electron chi connectivity index (χ1n) is 19.0. The Balaban J connectivity index is 1.72. The maximum atomic E-state index is 14.2. The minimum atomic E-state index is -2.81. The molecule has 1 spiro atoms. The second-order valence-corrected chi connectivity index (χ2v) is 15.8. The number of hydrogen-bond acceptors (Lipinski definition) is 18. The number of aliphatic hydroxyl groups is 2. The van der Waals surface area contributed by atoms with Crippen molar-refractivity contribution in [3.63, 3.8) is 0 Å². The molecule has 1 saturated heterocycles. The van der Waals surface area contributed by atoms with E-state index in [0.717, 1.165) is 34.6 Å². The van der Waals surface area contributed by atoms with E-state index < -0.39 is 126 Å². The standard InChI is InChI=1S/C41H47NO17/c1-20-15-16-27-26(14-11-17-42-27)37(50)53-18-38(6)28-29(54-22(3)44)34(56-24(5)46)40(19-52-21(2)43)31(47)30(57-36(49)25-12-9-8-10-13-25)33(58-35(20)48)39(7,51)41(40,59-38)32(28)55-23(4)45/h8-14,17,20,28-34,47,51H,15-16,18-19H2,1-7H3/t20-,28+,29+,30-,31-,32+,33-,34+,38-,39-,40-,41-/m0/s1. The van der Waals surface area contributed by atoms with Crippen LogP contribution in [0.3, 0.4) is 0 Å². The van der Waals surface area contributed by atoms with Crippen LogP contribution in [0.1, 0.15) is 81.3 Å². The van der Waals surface area contributed by atoms with Crippen molar-refractivity contribution < 1.29 is 81.7 Å². The first-order valence-corrected chi connectivity index (χ1v) is 19.0. The lowest BCUT2D eigenvalue weighted by Crippen LogP contribution is -2.89. The normalized spacial score (nSPS) is 36.3. The van der Waals surface area contributed by atoms with E-state index in [1.54, 1.807) is 6.07 Å². The van der Waals surface area contributed by atoms with Crippen LogP contribution in [-0.4, -0.2) is 124 Å². The third-order valence-electron chi connectivity index (χ3n) is 11.8. The largest absolute Gasteiger partial charge is 0.465 e. The molecule has 2 aliphatic heterocycles. The Labute approximate surface area is 338 Å². The highest BCUT2D eigenvalue weighted by Crippen LogP contribution is 2.69. The van der Waals surface area contributed by atoms with Gasteiger partial charge in [0, 0.05) is 33.9 Å². The predicted octanol–water partition coefficient (Wildman–Crippen LogP) is 1.59. The lowest BCUT2D eigenvalue weighted by atomic mass is 9.45. The fraction of sp³-hybridized carbons (Fsp3) is 0.561. The summed E-state index contributed by atoms with van der Waals surface area (Å²) in [4.78, 5) is 98.6. The summed E-state index contributed by atoms with van der Waals surface area (Å²) in [7, 11) is 0. The van der Waals surface area contributed by atoms with Crippen molar-refractivity contribution in [2.75, 3.05) is 13.2 Å². The molecule has 59 heavy (non-hydrogen) atoms. The average Bonchev–Trinajstić information content (AvgIpc) is 3.39. The Bertz CT molecular complexity index is 2020. The summed E-state index contributed by atoms with van der Waals surface area (Å²) < 4.78 is 48.4. The fourth-order valence-electron chi connectivity index (χ4n) is 9.41. The number of esters is 7. The monoisotopic (exact) mass is 825 g/mol.